The van der Waals surface area contributed by atoms with Gasteiger partial charge in [0.1, 0.15) is 0 Å². The minimum Gasteiger partial charge on any atom is -0.326 e. The van der Waals surface area contributed by atoms with Crippen molar-refractivity contribution in [3.8, 4) is 0 Å². The molecule has 0 saturated carbocycles. The van der Waals surface area contributed by atoms with Crippen LogP contribution in [0.3, 0.4) is 0 Å². The van der Waals surface area contributed by atoms with Gasteiger partial charge in [0.25, 0.3) is 0 Å². The van der Waals surface area contributed by atoms with Crippen LogP contribution in [0.15, 0.2) is 22.9 Å². The SMILES string of the molecule is CN1CCCCC(N)C1c1cncc(Br)c1. The van der Waals surface area contributed by atoms with Gasteiger partial charge in [-0.2, -0.15) is 0 Å². The topological polar surface area (TPSA) is 42.1 Å². The van der Waals surface area contributed by atoms with Crippen molar-refractivity contribution in [3.05, 3.63) is 28.5 Å². The van der Waals surface area contributed by atoms with Gasteiger partial charge in [0, 0.05) is 22.9 Å². The highest BCUT2D eigenvalue weighted by Gasteiger charge is 2.26. The Hall–Kier alpha value is -0.450. The normalized spacial score (nSPS) is 27.7. The van der Waals surface area contributed by atoms with E-state index >= 15 is 0 Å². The first-order valence-corrected chi connectivity index (χ1v) is 6.54. The van der Waals surface area contributed by atoms with Crippen LogP contribution in [-0.2, 0) is 0 Å². The van der Waals surface area contributed by atoms with Crippen LogP contribution in [0.5, 0.6) is 0 Å². The fourth-order valence-electron chi connectivity index (χ4n) is 2.46. The van der Waals surface area contributed by atoms with E-state index in [-0.39, 0.29) is 6.04 Å². The second-order valence-corrected chi connectivity index (χ2v) is 5.44. The molecule has 0 bridgehead atoms. The monoisotopic (exact) mass is 283 g/mol. The first kappa shape index (κ1) is 12.0. The molecule has 0 amide bonds. The van der Waals surface area contributed by atoms with Crippen LogP contribution >= 0.6 is 15.9 Å². The molecule has 2 heterocycles. The Bertz CT molecular complexity index is 344. The van der Waals surface area contributed by atoms with Gasteiger partial charge in [-0.05, 0) is 54.0 Å². The van der Waals surface area contributed by atoms with Crippen LogP contribution < -0.4 is 5.73 Å². The summed E-state index contributed by atoms with van der Waals surface area (Å²) in [6, 6.07) is 2.63. The third kappa shape index (κ3) is 2.62. The van der Waals surface area contributed by atoms with Crippen LogP contribution in [0.1, 0.15) is 30.9 Å². The molecule has 0 aromatic carbocycles. The summed E-state index contributed by atoms with van der Waals surface area (Å²) >= 11 is 3.47. The van der Waals surface area contributed by atoms with Gasteiger partial charge in [0.05, 0.1) is 6.04 Å². The molecule has 1 aliphatic rings. The number of likely N-dealkylation sites (N-methyl/N-ethyl adjacent to an activating group) is 1. The Labute approximate surface area is 105 Å². The molecule has 0 spiro atoms. The molecule has 2 rings (SSSR count). The maximum absolute atomic E-state index is 6.27. The van der Waals surface area contributed by atoms with Gasteiger partial charge in [0.15, 0.2) is 0 Å². The van der Waals surface area contributed by atoms with Crippen molar-refractivity contribution < 1.29 is 0 Å². The molecule has 1 aliphatic heterocycles. The fourth-order valence-corrected chi connectivity index (χ4v) is 2.84. The van der Waals surface area contributed by atoms with Crippen molar-refractivity contribution in [1.29, 1.82) is 0 Å². The summed E-state index contributed by atoms with van der Waals surface area (Å²) in [7, 11) is 2.15. The third-order valence-corrected chi connectivity index (χ3v) is 3.68. The predicted molar refractivity (Wildman–Crippen MR) is 69.1 cm³/mol. The van der Waals surface area contributed by atoms with Crippen LogP contribution in [0.4, 0.5) is 0 Å². The molecule has 1 saturated heterocycles. The third-order valence-electron chi connectivity index (χ3n) is 3.25. The molecule has 4 heteroatoms. The molecule has 2 N–H and O–H groups in total. The average Bonchev–Trinajstić information content (AvgIpc) is 2.40. The van der Waals surface area contributed by atoms with E-state index < -0.39 is 0 Å². The van der Waals surface area contributed by atoms with Crippen LogP contribution in [-0.4, -0.2) is 29.5 Å². The zero-order valence-electron chi connectivity index (χ0n) is 9.56. The van der Waals surface area contributed by atoms with Gasteiger partial charge >= 0.3 is 0 Å². The lowest BCUT2D eigenvalue weighted by atomic mass is 9.98. The Morgan fingerprint density at radius 2 is 2.25 bits per heavy atom. The van der Waals surface area contributed by atoms with Gasteiger partial charge in [-0.25, -0.2) is 0 Å². The van der Waals surface area contributed by atoms with Crippen molar-refractivity contribution in [3.63, 3.8) is 0 Å². The highest BCUT2D eigenvalue weighted by Crippen LogP contribution is 2.28. The fraction of sp³-hybridized carbons (Fsp3) is 0.583. The standard InChI is InChI=1S/C12H18BrN3/c1-16-5-3-2-4-11(14)12(16)9-6-10(13)8-15-7-9/h6-8,11-12H,2-5,14H2,1H3. The predicted octanol–water partition coefficient (Wildman–Crippen LogP) is 2.33. The Kier molecular flexibility index (Phi) is 3.95. The molecule has 0 radical (unpaired) electrons. The number of hydrogen-bond acceptors (Lipinski definition) is 3. The smallest absolute Gasteiger partial charge is 0.0512 e. The number of halogens is 1. The van der Waals surface area contributed by atoms with E-state index in [1.54, 1.807) is 0 Å². The molecule has 0 aliphatic carbocycles. The highest BCUT2D eigenvalue weighted by molar-refractivity contribution is 9.10. The lowest BCUT2D eigenvalue weighted by Crippen LogP contribution is -2.37. The van der Waals surface area contributed by atoms with Crippen molar-refractivity contribution in [2.75, 3.05) is 13.6 Å². The number of rotatable bonds is 1. The number of aromatic nitrogens is 1. The molecular formula is C12H18BrN3. The van der Waals surface area contributed by atoms with E-state index in [0.717, 1.165) is 17.4 Å². The zero-order chi connectivity index (χ0) is 11.5. The second kappa shape index (κ2) is 5.25. The van der Waals surface area contributed by atoms with E-state index in [1.165, 1.54) is 18.4 Å². The summed E-state index contributed by atoms with van der Waals surface area (Å²) in [6.07, 6.45) is 7.30. The lowest BCUT2D eigenvalue weighted by Gasteiger charge is -2.30. The van der Waals surface area contributed by atoms with Gasteiger partial charge in [-0.3, -0.25) is 9.88 Å². The second-order valence-electron chi connectivity index (χ2n) is 4.52. The Morgan fingerprint density at radius 3 is 3.00 bits per heavy atom. The first-order chi connectivity index (χ1) is 7.68. The number of likely N-dealkylation sites (tertiary alicyclic amines) is 1. The molecule has 2 atom stereocenters. The summed E-state index contributed by atoms with van der Waals surface area (Å²) in [5.74, 6) is 0. The lowest BCUT2D eigenvalue weighted by molar-refractivity contribution is 0.229. The van der Waals surface area contributed by atoms with Crippen LogP contribution in [0, 0.1) is 0 Å². The van der Waals surface area contributed by atoms with Crippen LogP contribution in [0.25, 0.3) is 0 Å². The summed E-state index contributed by atoms with van der Waals surface area (Å²) in [5.41, 5.74) is 7.48. The van der Waals surface area contributed by atoms with Crippen molar-refractivity contribution in [1.82, 2.24) is 9.88 Å². The molecule has 1 aromatic heterocycles. The van der Waals surface area contributed by atoms with Gasteiger partial charge in [-0.15, -0.1) is 0 Å². The van der Waals surface area contributed by atoms with E-state index in [4.69, 9.17) is 5.73 Å². The minimum atomic E-state index is 0.212. The van der Waals surface area contributed by atoms with E-state index in [9.17, 15) is 0 Å². The van der Waals surface area contributed by atoms with Gasteiger partial charge < -0.3 is 5.73 Å². The van der Waals surface area contributed by atoms with Gasteiger partial charge in [0.2, 0.25) is 0 Å². The maximum atomic E-state index is 6.27. The van der Waals surface area contributed by atoms with E-state index in [0.29, 0.717) is 6.04 Å². The summed E-state index contributed by atoms with van der Waals surface area (Å²) in [6.45, 7) is 1.12. The number of nitrogens with zero attached hydrogens (tertiary/aromatic N) is 2. The average molecular weight is 284 g/mol. The summed E-state index contributed by atoms with van der Waals surface area (Å²) < 4.78 is 1.02. The number of nitrogens with two attached hydrogens (primary N) is 1. The molecule has 88 valence electrons. The number of hydrogen-bond donors (Lipinski definition) is 1. The minimum absolute atomic E-state index is 0.212. The van der Waals surface area contributed by atoms with Crippen LogP contribution in [0.2, 0.25) is 0 Å². The Balaban J connectivity index is 2.28. The quantitative estimate of drug-likeness (QED) is 0.860. The summed E-state index contributed by atoms with van der Waals surface area (Å²) in [4.78, 5) is 6.58. The first-order valence-electron chi connectivity index (χ1n) is 5.75. The molecular weight excluding hydrogens is 266 g/mol. The summed E-state index contributed by atoms with van der Waals surface area (Å²) in [5, 5.41) is 0. The van der Waals surface area contributed by atoms with Crippen molar-refractivity contribution >= 4 is 15.9 Å². The molecule has 16 heavy (non-hydrogen) atoms. The largest absolute Gasteiger partial charge is 0.326 e. The molecule has 1 aromatic rings. The zero-order valence-corrected chi connectivity index (χ0v) is 11.2. The van der Waals surface area contributed by atoms with Gasteiger partial charge in [-0.1, -0.05) is 6.42 Å². The van der Waals surface area contributed by atoms with Crippen molar-refractivity contribution in [2.45, 2.75) is 31.3 Å². The Morgan fingerprint density at radius 1 is 1.44 bits per heavy atom. The highest BCUT2D eigenvalue weighted by atomic mass is 79.9. The molecule has 3 nitrogen and oxygen atoms in total. The van der Waals surface area contributed by atoms with Crippen molar-refractivity contribution in [2.24, 2.45) is 5.73 Å². The molecule has 1 fully saturated rings. The van der Waals surface area contributed by atoms with E-state index in [2.05, 4.69) is 38.9 Å². The maximum Gasteiger partial charge on any atom is 0.0512 e. The molecule has 2 unspecified atom stereocenters. The van der Waals surface area contributed by atoms with E-state index in [1.807, 2.05) is 12.4 Å². The number of pyridine rings is 1.